The fraction of sp³-hybridized carbons (Fsp3) is 0.273. The van der Waals surface area contributed by atoms with Crippen molar-refractivity contribution in [3.05, 3.63) is 59.8 Å². The van der Waals surface area contributed by atoms with Gasteiger partial charge < -0.3 is 16.2 Å². The second-order valence-corrected chi connectivity index (χ2v) is 7.01. The molecule has 0 unspecified atom stereocenters. The highest BCUT2D eigenvalue weighted by atomic mass is 35.5. The van der Waals surface area contributed by atoms with Crippen molar-refractivity contribution in [1.29, 1.82) is 0 Å². The Balaban J connectivity index is 0.00000210. The molecule has 4 N–H and O–H groups in total. The van der Waals surface area contributed by atoms with Crippen LogP contribution in [0.25, 0.3) is 22.0 Å². The van der Waals surface area contributed by atoms with Crippen LogP contribution in [0.15, 0.2) is 48.5 Å². The van der Waals surface area contributed by atoms with Gasteiger partial charge in [0.15, 0.2) is 6.61 Å². The molecule has 0 atom stereocenters. The van der Waals surface area contributed by atoms with E-state index in [0.717, 1.165) is 39.7 Å². The molecular weight excluding hydrogens is 409 g/mol. The van der Waals surface area contributed by atoms with Crippen LogP contribution in [0.4, 0.5) is 0 Å². The van der Waals surface area contributed by atoms with Crippen LogP contribution >= 0.6 is 24.8 Å². The number of halogens is 2. The normalized spacial score (nSPS) is 10.3. The molecule has 7 heteroatoms. The molecule has 1 heterocycles. The van der Waals surface area contributed by atoms with Crippen LogP contribution in [0, 0.1) is 5.92 Å². The Kier molecular flexibility index (Phi) is 9.37. The molecular formula is C22H27Cl2N3O2. The first-order valence-electron chi connectivity index (χ1n) is 9.11. The van der Waals surface area contributed by atoms with Crippen molar-refractivity contribution in [1.82, 2.24) is 4.98 Å². The summed E-state index contributed by atoms with van der Waals surface area (Å²) in [7, 11) is 0. The van der Waals surface area contributed by atoms with Gasteiger partial charge in [-0.15, -0.1) is 24.8 Å². The number of aromatic nitrogens is 1. The van der Waals surface area contributed by atoms with Gasteiger partial charge in [0.2, 0.25) is 0 Å². The van der Waals surface area contributed by atoms with E-state index in [1.807, 2.05) is 36.4 Å². The Labute approximate surface area is 183 Å². The fourth-order valence-electron chi connectivity index (χ4n) is 3.29. The van der Waals surface area contributed by atoms with Crippen molar-refractivity contribution in [3.8, 4) is 16.9 Å². The molecule has 0 fully saturated rings. The minimum absolute atomic E-state index is 0. The largest absolute Gasteiger partial charge is 0.484 e. The second-order valence-electron chi connectivity index (χ2n) is 7.01. The highest BCUT2D eigenvalue weighted by Crippen LogP contribution is 2.35. The number of nitrogens with two attached hydrogens (primary N) is 2. The van der Waals surface area contributed by atoms with E-state index in [1.165, 1.54) is 0 Å². The first-order valence-corrected chi connectivity index (χ1v) is 9.11. The molecule has 0 spiro atoms. The SMILES string of the molecule is CC(C)Cc1nc2ccc(OCC(N)=O)cc2c(-c2ccccc2)c1CN.Cl.Cl. The third-order valence-corrected chi connectivity index (χ3v) is 4.39. The van der Waals surface area contributed by atoms with Gasteiger partial charge in [-0.05, 0) is 47.2 Å². The molecule has 29 heavy (non-hydrogen) atoms. The Bertz CT molecular complexity index is 963. The van der Waals surface area contributed by atoms with Gasteiger partial charge in [-0.25, -0.2) is 0 Å². The van der Waals surface area contributed by atoms with Crippen LogP contribution in [-0.2, 0) is 17.8 Å². The number of carbonyl (C=O) groups excluding carboxylic acids is 1. The maximum Gasteiger partial charge on any atom is 0.255 e. The lowest BCUT2D eigenvalue weighted by Gasteiger charge is -2.18. The monoisotopic (exact) mass is 435 g/mol. The lowest BCUT2D eigenvalue weighted by atomic mass is 9.91. The molecule has 0 saturated carbocycles. The molecule has 2 aromatic carbocycles. The molecule has 3 aromatic rings. The molecule has 0 saturated heterocycles. The molecule has 0 aliphatic carbocycles. The van der Waals surface area contributed by atoms with E-state index in [9.17, 15) is 4.79 Å². The highest BCUT2D eigenvalue weighted by molar-refractivity contribution is 5.97. The van der Waals surface area contributed by atoms with Crippen molar-refractivity contribution >= 4 is 41.6 Å². The van der Waals surface area contributed by atoms with Gasteiger partial charge in [-0.2, -0.15) is 0 Å². The first kappa shape index (κ1) is 24.7. The van der Waals surface area contributed by atoms with Crippen LogP contribution < -0.4 is 16.2 Å². The Morgan fingerprint density at radius 2 is 1.79 bits per heavy atom. The van der Waals surface area contributed by atoms with Gasteiger partial charge >= 0.3 is 0 Å². The predicted molar refractivity (Wildman–Crippen MR) is 123 cm³/mol. The second kappa shape index (κ2) is 11.0. The zero-order valence-corrected chi connectivity index (χ0v) is 18.2. The summed E-state index contributed by atoms with van der Waals surface area (Å²) in [6.45, 7) is 4.60. The summed E-state index contributed by atoms with van der Waals surface area (Å²) in [6.07, 6.45) is 0.863. The summed E-state index contributed by atoms with van der Waals surface area (Å²) >= 11 is 0. The van der Waals surface area contributed by atoms with E-state index in [2.05, 4.69) is 26.0 Å². The number of primary amides is 1. The zero-order chi connectivity index (χ0) is 19.4. The van der Waals surface area contributed by atoms with E-state index in [4.69, 9.17) is 21.2 Å². The summed E-state index contributed by atoms with van der Waals surface area (Å²) in [5, 5.41) is 0.955. The van der Waals surface area contributed by atoms with Gasteiger partial charge in [0.25, 0.3) is 5.91 Å². The summed E-state index contributed by atoms with van der Waals surface area (Å²) in [4.78, 5) is 15.9. The topological polar surface area (TPSA) is 91.2 Å². The standard InChI is InChI=1S/C22H25N3O2.2ClH/c1-14(2)10-20-18(12-23)22(15-6-4-3-5-7-15)17-11-16(27-13-21(24)26)8-9-19(17)25-20;;/h3-9,11,14H,10,12-13,23H2,1-2H3,(H2,24,26);2*1H. The minimum Gasteiger partial charge on any atom is -0.484 e. The van der Waals surface area contributed by atoms with Crippen molar-refractivity contribution in [2.75, 3.05) is 6.61 Å². The van der Waals surface area contributed by atoms with E-state index in [0.29, 0.717) is 18.2 Å². The smallest absolute Gasteiger partial charge is 0.255 e. The lowest BCUT2D eigenvalue weighted by molar-refractivity contribution is -0.119. The van der Waals surface area contributed by atoms with E-state index < -0.39 is 5.91 Å². The number of ether oxygens (including phenoxy) is 1. The summed E-state index contributed by atoms with van der Waals surface area (Å²) < 4.78 is 5.50. The van der Waals surface area contributed by atoms with Gasteiger partial charge in [0, 0.05) is 17.6 Å². The van der Waals surface area contributed by atoms with Gasteiger partial charge in [0.1, 0.15) is 5.75 Å². The number of fused-ring (bicyclic) bond motifs is 1. The molecule has 1 aromatic heterocycles. The van der Waals surface area contributed by atoms with Crippen LogP contribution in [0.3, 0.4) is 0 Å². The third kappa shape index (κ3) is 5.82. The van der Waals surface area contributed by atoms with E-state index in [1.54, 1.807) is 0 Å². The number of hydrogen-bond acceptors (Lipinski definition) is 4. The molecule has 0 aliphatic heterocycles. The maximum absolute atomic E-state index is 11.0. The van der Waals surface area contributed by atoms with Crippen molar-refractivity contribution < 1.29 is 9.53 Å². The van der Waals surface area contributed by atoms with Crippen LogP contribution in [0.2, 0.25) is 0 Å². The van der Waals surface area contributed by atoms with Crippen LogP contribution in [-0.4, -0.2) is 17.5 Å². The van der Waals surface area contributed by atoms with Crippen molar-refractivity contribution in [2.45, 2.75) is 26.8 Å². The Morgan fingerprint density at radius 1 is 1.10 bits per heavy atom. The number of pyridine rings is 1. The highest BCUT2D eigenvalue weighted by Gasteiger charge is 2.17. The molecule has 3 rings (SSSR count). The lowest BCUT2D eigenvalue weighted by Crippen LogP contribution is -2.20. The number of rotatable bonds is 7. The maximum atomic E-state index is 11.0. The average molecular weight is 436 g/mol. The number of benzene rings is 2. The molecule has 0 bridgehead atoms. The van der Waals surface area contributed by atoms with Gasteiger partial charge in [0.05, 0.1) is 5.52 Å². The van der Waals surface area contributed by atoms with E-state index in [-0.39, 0.29) is 31.4 Å². The zero-order valence-electron chi connectivity index (χ0n) is 16.6. The van der Waals surface area contributed by atoms with Crippen LogP contribution in [0.1, 0.15) is 25.1 Å². The number of carbonyl (C=O) groups is 1. The summed E-state index contributed by atoms with van der Waals surface area (Å²) in [5.74, 6) is 0.549. The van der Waals surface area contributed by atoms with Crippen molar-refractivity contribution in [2.24, 2.45) is 17.4 Å². The van der Waals surface area contributed by atoms with Crippen LogP contribution in [0.5, 0.6) is 5.75 Å². The minimum atomic E-state index is -0.508. The third-order valence-electron chi connectivity index (χ3n) is 4.39. The Morgan fingerprint density at radius 3 is 2.38 bits per heavy atom. The van der Waals surface area contributed by atoms with Gasteiger partial charge in [-0.1, -0.05) is 44.2 Å². The number of nitrogens with zero attached hydrogens (tertiary/aromatic N) is 1. The predicted octanol–water partition coefficient (Wildman–Crippen LogP) is 4.27. The molecule has 1 amide bonds. The first-order chi connectivity index (χ1) is 13.0. The van der Waals surface area contributed by atoms with Gasteiger partial charge in [-0.3, -0.25) is 9.78 Å². The quantitative estimate of drug-likeness (QED) is 0.579. The molecule has 5 nitrogen and oxygen atoms in total. The summed E-state index contributed by atoms with van der Waals surface area (Å²) in [5.41, 5.74) is 16.5. The molecule has 0 radical (unpaired) electrons. The fourth-order valence-corrected chi connectivity index (χ4v) is 3.29. The average Bonchev–Trinajstić information content (AvgIpc) is 2.65. The van der Waals surface area contributed by atoms with E-state index >= 15 is 0 Å². The summed E-state index contributed by atoms with van der Waals surface area (Å²) in [6, 6.07) is 15.8. The van der Waals surface area contributed by atoms with Crippen molar-refractivity contribution in [3.63, 3.8) is 0 Å². The molecule has 0 aliphatic rings. The molecule has 156 valence electrons. The number of amides is 1. The Hall–Kier alpha value is -2.34. The number of hydrogen-bond donors (Lipinski definition) is 2.